The smallest absolute Gasteiger partial charge is 0.118 e. The van der Waals surface area contributed by atoms with E-state index in [1.54, 1.807) is 18.9 Å². The zero-order chi connectivity index (χ0) is 10.4. The lowest BCUT2D eigenvalue weighted by molar-refractivity contribution is 0.226. The van der Waals surface area contributed by atoms with Gasteiger partial charge in [0.15, 0.2) is 0 Å². The van der Waals surface area contributed by atoms with Crippen LogP contribution >= 0.6 is 27.7 Å². The molecule has 0 aromatic heterocycles. The molecule has 0 amide bonds. The van der Waals surface area contributed by atoms with Gasteiger partial charge in [0.1, 0.15) is 5.75 Å². The number of aliphatic hydroxyl groups excluding tert-OH is 1. The number of ether oxygens (including phenoxy) is 1. The average Bonchev–Trinajstić information content (AvgIpc) is 2.26. The number of methoxy groups -OCH3 is 1. The highest BCUT2D eigenvalue weighted by atomic mass is 79.9. The molecule has 1 unspecified atom stereocenters. The third kappa shape index (κ3) is 3.90. The fourth-order valence-corrected chi connectivity index (χ4v) is 2.27. The molecule has 1 atom stereocenters. The van der Waals surface area contributed by atoms with Gasteiger partial charge < -0.3 is 9.84 Å². The Morgan fingerprint density at radius 3 is 2.57 bits per heavy atom. The Bertz CT molecular complexity index is 263. The zero-order valence-corrected chi connectivity index (χ0v) is 10.3. The predicted octanol–water partition coefficient (Wildman–Crippen LogP) is 2.54. The van der Waals surface area contributed by atoms with Gasteiger partial charge in [0.05, 0.1) is 13.2 Å². The van der Waals surface area contributed by atoms with Crippen molar-refractivity contribution in [1.82, 2.24) is 0 Å². The summed E-state index contributed by atoms with van der Waals surface area (Å²) in [6.07, 6.45) is -0.290. The van der Waals surface area contributed by atoms with Crippen molar-refractivity contribution in [3.63, 3.8) is 0 Å². The number of aliphatic hydroxyl groups is 1. The van der Waals surface area contributed by atoms with Crippen LogP contribution in [-0.4, -0.2) is 29.4 Å². The van der Waals surface area contributed by atoms with Crippen LogP contribution in [0.2, 0.25) is 0 Å². The molecule has 1 N–H and O–H groups in total. The molecule has 0 saturated carbocycles. The van der Waals surface area contributed by atoms with E-state index in [1.165, 1.54) is 0 Å². The molecule has 0 aliphatic heterocycles. The Morgan fingerprint density at radius 2 is 2.07 bits per heavy atom. The summed E-state index contributed by atoms with van der Waals surface area (Å²) in [5.41, 5.74) is 0. The molecular formula is C10H13BrO2S. The largest absolute Gasteiger partial charge is 0.497 e. The maximum Gasteiger partial charge on any atom is 0.118 e. The topological polar surface area (TPSA) is 29.5 Å². The number of halogens is 1. The fraction of sp³-hybridized carbons (Fsp3) is 0.400. The Balaban J connectivity index is 2.43. The molecule has 14 heavy (non-hydrogen) atoms. The molecule has 2 nitrogen and oxygen atoms in total. The van der Waals surface area contributed by atoms with E-state index in [1.807, 2.05) is 24.3 Å². The molecule has 78 valence electrons. The minimum Gasteiger partial charge on any atom is -0.497 e. The van der Waals surface area contributed by atoms with Gasteiger partial charge in [-0.2, -0.15) is 0 Å². The summed E-state index contributed by atoms with van der Waals surface area (Å²) in [5, 5.41) is 9.95. The third-order valence-corrected chi connectivity index (χ3v) is 3.58. The summed E-state index contributed by atoms with van der Waals surface area (Å²) in [5.74, 6) is 1.56. The van der Waals surface area contributed by atoms with Gasteiger partial charge in [-0.05, 0) is 24.3 Å². The van der Waals surface area contributed by atoms with E-state index in [0.29, 0.717) is 11.1 Å². The van der Waals surface area contributed by atoms with Gasteiger partial charge in [-0.3, -0.25) is 0 Å². The monoisotopic (exact) mass is 276 g/mol. The molecule has 1 aromatic rings. The Kier molecular flexibility index (Phi) is 5.37. The minimum absolute atomic E-state index is 0.290. The van der Waals surface area contributed by atoms with Crippen LogP contribution in [0.1, 0.15) is 0 Å². The SMILES string of the molecule is COc1ccc(SCC(O)CBr)cc1. The molecule has 0 aliphatic rings. The van der Waals surface area contributed by atoms with Crippen molar-refractivity contribution < 1.29 is 9.84 Å². The Morgan fingerprint density at radius 1 is 1.43 bits per heavy atom. The van der Waals surface area contributed by atoms with Crippen LogP contribution in [0.25, 0.3) is 0 Å². The second-order valence-electron chi connectivity index (χ2n) is 2.79. The minimum atomic E-state index is -0.290. The first-order chi connectivity index (χ1) is 6.76. The van der Waals surface area contributed by atoms with E-state index < -0.39 is 0 Å². The van der Waals surface area contributed by atoms with Crippen LogP contribution in [0.5, 0.6) is 5.75 Å². The summed E-state index contributed by atoms with van der Waals surface area (Å²) in [6.45, 7) is 0. The molecule has 0 fully saturated rings. The number of rotatable bonds is 5. The summed E-state index contributed by atoms with van der Waals surface area (Å²) >= 11 is 4.86. The molecule has 0 spiro atoms. The van der Waals surface area contributed by atoms with Gasteiger partial charge >= 0.3 is 0 Å². The molecular weight excluding hydrogens is 264 g/mol. The molecule has 0 aliphatic carbocycles. The lowest BCUT2D eigenvalue weighted by atomic mass is 10.3. The van der Waals surface area contributed by atoms with Crippen molar-refractivity contribution in [2.45, 2.75) is 11.0 Å². The van der Waals surface area contributed by atoms with E-state index in [0.717, 1.165) is 10.6 Å². The second kappa shape index (κ2) is 6.32. The zero-order valence-electron chi connectivity index (χ0n) is 7.94. The van der Waals surface area contributed by atoms with Gasteiger partial charge in [0.25, 0.3) is 0 Å². The lowest BCUT2D eigenvalue weighted by Gasteiger charge is -2.06. The number of alkyl halides is 1. The Hall–Kier alpha value is -0.190. The summed E-state index contributed by atoms with van der Waals surface area (Å²) in [7, 11) is 1.65. The molecule has 0 radical (unpaired) electrons. The van der Waals surface area contributed by atoms with Crippen LogP contribution in [0.15, 0.2) is 29.2 Å². The van der Waals surface area contributed by atoms with Gasteiger partial charge in [-0.15, -0.1) is 11.8 Å². The van der Waals surface area contributed by atoms with Crippen LogP contribution in [0.3, 0.4) is 0 Å². The van der Waals surface area contributed by atoms with E-state index in [9.17, 15) is 5.11 Å². The van der Waals surface area contributed by atoms with Gasteiger partial charge in [0.2, 0.25) is 0 Å². The van der Waals surface area contributed by atoms with Gasteiger partial charge in [-0.1, -0.05) is 15.9 Å². The number of benzene rings is 1. The van der Waals surface area contributed by atoms with Gasteiger partial charge in [0, 0.05) is 16.0 Å². The van der Waals surface area contributed by atoms with Crippen molar-refractivity contribution in [3.8, 4) is 5.75 Å². The Labute approximate surface area is 96.8 Å². The normalized spacial score (nSPS) is 12.5. The van der Waals surface area contributed by atoms with Crippen LogP contribution in [0, 0.1) is 0 Å². The van der Waals surface area contributed by atoms with Crippen molar-refractivity contribution in [1.29, 1.82) is 0 Å². The van der Waals surface area contributed by atoms with Crippen molar-refractivity contribution in [2.75, 3.05) is 18.2 Å². The highest BCUT2D eigenvalue weighted by Crippen LogP contribution is 2.22. The standard InChI is InChI=1S/C10H13BrO2S/c1-13-9-2-4-10(5-3-9)14-7-8(12)6-11/h2-5,8,12H,6-7H2,1H3. The van der Waals surface area contributed by atoms with Crippen LogP contribution < -0.4 is 4.74 Å². The van der Waals surface area contributed by atoms with E-state index in [2.05, 4.69) is 15.9 Å². The molecule has 0 bridgehead atoms. The summed E-state index contributed by atoms with van der Waals surface area (Å²) < 4.78 is 5.05. The van der Waals surface area contributed by atoms with E-state index in [-0.39, 0.29) is 6.10 Å². The third-order valence-electron chi connectivity index (χ3n) is 1.68. The second-order valence-corrected chi connectivity index (χ2v) is 4.54. The fourth-order valence-electron chi connectivity index (χ4n) is 0.909. The van der Waals surface area contributed by atoms with Gasteiger partial charge in [-0.25, -0.2) is 0 Å². The van der Waals surface area contributed by atoms with Crippen molar-refractivity contribution in [2.24, 2.45) is 0 Å². The number of thioether (sulfide) groups is 1. The first kappa shape index (κ1) is 11.9. The first-order valence-corrected chi connectivity index (χ1v) is 6.38. The average molecular weight is 277 g/mol. The van der Waals surface area contributed by atoms with Crippen LogP contribution in [-0.2, 0) is 0 Å². The molecule has 0 heterocycles. The molecule has 4 heteroatoms. The maximum atomic E-state index is 9.33. The highest BCUT2D eigenvalue weighted by Gasteiger charge is 2.02. The van der Waals surface area contributed by atoms with E-state index >= 15 is 0 Å². The molecule has 1 aromatic carbocycles. The maximum absolute atomic E-state index is 9.33. The highest BCUT2D eigenvalue weighted by molar-refractivity contribution is 9.09. The first-order valence-electron chi connectivity index (χ1n) is 4.27. The van der Waals surface area contributed by atoms with Crippen molar-refractivity contribution in [3.05, 3.63) is 24.3 Å². The number of hydrogen-bond acceptors (Lipinski definition) is 3. The predicted molar refractivity (Wildman–Crippen MR) is 63.5 cm³/mol. The number of hydrogen-bond donors (Lipinski definition) is 1. The molecule has 1 rings (SSSR count). The van der Waals surface area contributed by atoms with Crippen molar-refractivity contribution >= 4 is 27.7 Å². The molecule has 0 saturated heterocycles. The summed E-state index contributed by atoms with van der Waals surface area (Å²) in [4.78, 5) is 1.14. The van der Waals surface area contributed by atoms with Crippen LogP contribution in [0.4, 0.5) is 0 Å². The van der Waals surface area contributed by atoms with E-state index in [4.69, 9.17) is 4.74 Å². The quantitative estimate of drug-likeness (QED) is 0.662. The lowest BCUT2D eigenvalue weighted by Crippen LogP contribution is -2.10. The summed E-state index contributed by atoms with van der Waals surface area (Å²) in [6, 6.07) is 7.82.